The summed E-state index contributed by atoms with van der Waals surface area (Å²) in [6.07, 6.45) is 6.64. The van der Waals surface area contributed by atoms with Crippen LogP contribution in [0.15, 0.2) is 30.5 Å². The molecule has 0 aliphatic heterocycles. The maximum Gasteiger partial charge on any atom is 0.244 e. The Bertz CT molecular complexity index is 593. The van der Waals surface area contributed by atoms with Crippen LogP contribution in [0.1, 0.15) is 36.8 Å². The molecule has 1 aromatic carbocycles. The smallest absolute Gasteiger partial charge is 0.244 e. The summed E-state index contributed by atoms with van der Waals surface area (Å²) in [5.41, 5.74) is 2.54. The normalized spacial score (nSPS) is 15.1. The molecule has 5 nitrogen and oxygen atoms in total. The van der Waals surface area contributed by atoms with E-state index in [2.05, 4.69) is 57.0 Å². The first-order valence-electron chi connectivity index (χ1n) is 7.56. The maximum absolute atomic E-state index is 4.49. The number of aromatic nitrogens is 3. The van der Waals surface area contributed by atoms with Crippen molar-refractivity contribution in [3.63, 3.8) is 0 Å². The Hall–Kier alpha value is -2.17. The molecule has 1 aromatic heterocycles. The van der Waals surface area contributed by atoms with Crippen LogP contribution in [0, 0.1) is 6.92 Å². The summed E-state index contributed by atoms with van der Waals surface area (Å²) >= 11 is 0. The second kappa shape index (κ2) is 6.52. The number of benzene rings is 1. The Balaban J connectivity index is 1.61. The van der Waals surface area contributed by atoms with Crippen molar-refractivity contribution in [1.29, 1.82) is 0 Å². The fourth-order valence-electron chi connectivity index (χ4n) is 2.70. The zero-order chi connectivity index (χ0) is 14.5. The Kier molecular flexibility index (Phi) is 4.28. The van der Waals surface area contributed by atoms with Crippen LogP contribution in [0.25, 0.3) is 0 Å². The number of hydrogen-bond donors (Lipinski definition) is 2. The van der Waals surface area contributed by atoms with Gasteiger partial charge < -0.3 is 10.6 Å². The van der Waals surface area contributed by atoms with E-state index >= 15 is 0 Å². The number of aryl methyl sites for hydroxylation is 1. The number of hydrogen-bond acceptors (Lipinski definition) is 5. The molecular weight excluding hydrogens is 262 g/mol. The largest absolute Gasteiger partial charge is 0.365 e. The predicted octanol–water partition coefficient (Wildman–Crippen LogP) is 3.15. The summed E-state index contributed by atoms with van der Waals surface area (Å²) in [6, 6.07) is 8.83. The van der Waals surface area contributed by atoms with Crippen molar-refractivity contribution in [2.45, 2.75) is 45.2 Å². The Morgan fingerprint density at radius 2 is 2.00 bits per heavy atom. The lowest BCUT2D eigenvalue weighted by Crippen LogP contribution is -2.17. The summed E-state index contributed by atoms with van der Waals surface area (Å²) in [7, 11) is 0. The van der Waals surface area contributed by atoms with E-state index in [0.717, 1.165) is 12.4 Å². The fourth-order valence-corrected chi connectivity index (χ4v) is 2.70. The summed E-state index contributed by atoms with van der Waals surface area (Å²) in [5, 5.41) is 14.8. The van der Waals surface area contributed by atoms with Crippen LogP contribution in [-0.2, 0) is 6.54 Å². The highest BCUT2D eigenvalue weighted by atomic mass is 15.3. The molecule has 2 aromatic rings. The van der Waals surface area contributed by atoms with E-state index in [1.165, 1.54) is 36.8 Å². The molecule has 0 spiro atoms. The van der Waals surface area contributed by atoms with Crippen LogP contribution < -0.4 is 10.6 Å². The maximum atomic E-state index is 4.49. The van der Waals surface area contributed by atoms with Gasteiger partial charge in [0.25, 0.3) is 0 Å². The lowest BCUT2D eigenvalue weighted by atomic mass is 10.1. The number of rotatable bonds is 5. The van der Waals surface area contributed by atoms with Crippen molar-refractivity contribution in [2.75, 3.05) is 10.6 Å². The van der Waals surface area contributed by atoms with E-state index in [-0.39, 0.29) is 0 Å². The molecule has 21 heavy (non-hydrogen) atoms. The summed E-state index contributed by atoms with van der Waals surface area (Å²) in [6.45, 7) is 2.86. The van der Waals surface area contributed by atoms with Gasteiger partial charge in [-0.3, -0.25) is 0 Å². The number of nitrogens with one attached hydrogen (secondary N) is 2. The van der Waals surface area contributed by atoms with Crippen LogP contribution in [0.2, 0.25) is 0 Å². The lowest BCUT2D eigenvalue weighted by molar-refractivity contribution is 0.737. The predicted molar refractivity (Wildman–Crippen MR) is 84.2 cm³/mol. The molecule has 110 valence electrons. The van der Waals surface area contributed by atoms with Gasteiger partial charge in [0.1, 0.15) is 0 Å². The summed E-state index contributed by atoms with van der Waals surface area (Å²) in [4.78, 5) is 4.49. The van der Waals surface area contributed by atoms with Crippen molar-refractivity contribution in [1.82, 2.24) is 15.2 Å². The molecule has 0 saturated heterocycles. The molecule has 0 amide bonds. The van der Waals surface area contributed by atoms with E-state index in [1.807, 2.05) is 0 Å². The standard InChI is InChI=1S/C16H21N5/c1-12-6-2-3-7-13(12)10-17-15-11-18-21-16(20-15)19-14-8-4-5-9-14/h2-3,6-7,11,14H,4-5,8-10H2,1H3,(H2,17,19,20,21). The number of anilines is 2. The third-order valence-corrected chi connectivity index (χ3v) is 3.97. The average Bonchev–Trinajstić information content (AvgIpc) is 3.00. The zero-order valence-corrected chi connectivity index (χ0v) is 12.3. The van der Waals surface area contributed by atoms with Gasteiger partial charge >= 0.3 is 0 Å². The summed E-state index contributed by atoms with van der Waals surface area (Å²) < 4.78 is 0. The second-order valence-corrected chi connectivity index (χ2v) is 5.57. The van der Waals surface area contributed by atoms with Gasteiger partial charge in [0, 0.05) is 12.6 Å². The molecule has 0 atom stereocenters. The van der Waals surface area contributed by atoms with Crippen molar-refractivity contribution < 1.29 is 0 Å². The molecule has 5 heteroatoms. The average molecular weight is 283 g/mol. The molecule has 2 N–H and O–H groups in total. The zero-order valence-electron chi connectivity index (χ0n) is 12.3. The van der Waals surface area contributed by atoms with E-state index in [9.17, 15) is 0 Å². The first-order chi connectivity index (χ1) is 10.3. The molecular formula is C16H21N5. The van der Waals surface area contributed by atoms with Gasteiger partial charge in [-0.1, -0.05) is 37.1 Å². The van der Waals surface area contributed by atoms with Gasteiger partial charge in [-0.25, -0.2) is 0 Å². The molecule has 3 rings (SSSR count). The van der Waals surface area contributed by atoms with E-state index in [1.54, 1.807) is 6.20 Å². The molecule has 1 heterocycles. The van der Waals surface area contributed by atoms with E-state index in [0.29, 0.717) is 12.0 Å². The van der Waals surface area contributed by atoms with Gasteiger partial charge in [0.2, 0.25) is 5.95 Å². The van der Waals surface area contributed by atoms with Crippen LogP contribution in [-0.4, -0.2) is 21.2 Å². The molecule has 1 aliphatic carbocycles. The minimum atomic E-state index is 0.499. The van der Waals surface area contributed by atoms with Crippen molar-refractivity contribution in [3.8, 4) is 0 Å². The van der Waals surface area contributed by atoms with Gasteiger partial charge in [-0.2, -0.15) is 10.1 Å². The quantitative estimate of drug-likeness (QED) is 0.882. The van der Waals surface area contributed by atoms with E-state index < -0.39 is 0 Å². The van der Waals surface area contributed by atoms with Crippen molar-refractivity contribution in [3.05, 3.63) is 41.6 Å². The van der Waals surface area contributed by atoms with E-state index in [4.69, 9.17) is 0 Å². The molecule has 0 radical (unpaired) electrons. The highest BCUT2D eigenvalue weighted by molar-refractivity contribution is 5.39. The van der Waals surface area contributed by atoms with Gasteiger partial charge in [0.05, 0.1) is 6.20 Å². The Morgan fingerprint density at radius 1 is 1.19 bits per heavy atom. The molecule has 0 unspecified atom stereocenters. The first kappa shape index (κ1) is 13.8. The SMILES string of the molecule is Cc1ccccc1CNc1cnnc(NC2CCCC2)n1. The van der Waals surface area contributed by atoms with Crippen LogP contribution in [0.4, 0.5) is 11.8 Å². The fraction of sp³-hybridized carbons (Fsp3) is 0.438. The topological polar surface area (TPSA) is 62.7 Å². The van der Waals surface area contributed by atoms with Crippen LogP contribution >= 0.6 is 0 Å². The minimum absolute atomic E-state index is 0.499. The highest BCUT2D eigenvalue weighted by Crippen LogP contribution is 2.20. The first-order valence-corrected chi connectivity index (χ1v) is 7.56. The van der Waals surface area contributed by atoms with Gasteiger partial charge in [-0.05, 0) is 30.9 Å². The minimum Gasteiger partial charge on any atom is -0.365 e. The van der Waals surface area contributed by atoms with Crippen LogP contribution in [0.3, 0.4) is 0 Å². The Morgan fingerprint density at radius 3 is 2.81 bits per heavy atom. The second-order valence-electron chi connectivity index (χ2n) is 5.57. The monoisotopic (exact) mass is 283 g/mol. The summed E-state index contributed by atoms with van der Waals surface area (Å²) in [5.74, 6) is 1.38. The van der Waals surface area contributed by atoms with Crippen molar-refractivity contribution in [2.24, 2.45) is 0 Å². The number of nitrogens with zero attached hydrogens (tertiary/aromatic N) is 3. The van der Waals surface area contributed by atoms with Crippen molar-refractivity contribution >= 4 is 11.8 Å². The third kappa shape index (κ3) is 3.68. The molecule has 1 saturated carbocycles. The molecule has 1 fully saturated rings. The molecule has 1 aliphatic rings. The van der Waals surface area contributed by atoms with Gasteiger partial charge in [0.15, 0.2) is 5.82 Å². The third-order valence-electron chi connectivity index (χ3n) is 3.97. The highest BCUT2D eigenvalue weighted by Gasteiger charge is 2.15. The van der Waals surface area contributed by atoms with Crippen LogP contribution in [0.5, 0.6) is 0 Å². The lowest BCUT2D eigenvalue weighted by Gasteiger charge is -2.12. The Labute approximate surface area is 125 Å². The van der Waals surface area contributed by atoms with Gasteiger partial charge in [-0.15, -0.1) is 5.10 Å². The molecule has 0 bridgehead atoms.